The number of allylic oxidation sites excluding steroid dienone is 1. The highest BCUT2D eigenvalue weighted by Gasteiger charge is 2.72. The molecule has 342 valence electrons. The van der Waals surface area contributed by atoms with Crippen molar-refractivity contribution >= 4 is 22.6 Å². The van der Waals surface area contributed by atoms with E-state index >= 15 is 4.79 Å². The van der Waals surface area contributed by atoms with E-state index in [-0.39, 0.29) is 35.7 Å². The van der Waals surface area contributed by atoms with Crippen LogP contribution in [0.25, 0.3) is 11.0 Å². The van der Waals surface area contributed by atoms with Crippen molar-refractivity contribution in [1.82, 2.24) is 9.55 Å². The van der Waals surface area contributed by atoms with E-state index in [1.54, 1.807) is 0 Å². The van der Waals surface area contributed by atoms with Crippen LogP contribution in [-0.4, -0.2) is 80.2 Å². The Bertz CT molecular complexity index is 2400. The molecular formula is C54H74N2O7. The van der Waals surface area contributed by atoms with Crippen molar-refractivity contribution in [3.05, 3.63) is 69.1 Å². The highest BCUT2D eigenvalue weighted by molar-refractivity contribution is 6.02. The van der Waals surface area contributed by atoms with Crippen molar-refractivity contribution in [3.63, 3.8) is 0 Å². The fourth-order valence-corrected chi connectivity index (χ4v) is 16.2. The molecule has 9 nitrogen and oxygen atoms in total. The van der Waals surface area contributed by atoms with Crippen LogP contribution in [0.3, 0.4) is 0 Å². The molecule has 3 saturated carbocycles. The number of H-pyrrole nitrogens is 1. The minimum atomic E-state index is -0.779. The fourth-order valence-electron chi connectivity index (χ4n) is 16.2. The van der Waals surface area contributed by atoms with Crippen molar-refractivity contribution in [2.45, 2.75) is 176 Å². The number of aliphatic hydroxyl groups excluding tert-OH is 3. The lowest BCUT2D eigenvalue weighted by molar-refractivity contribution is -0.220. The summed E-state index contributed by atoms with van der Waals surface area (Å²) in [5.41, 5.74) is 8.63. The summed E-state index contributed by atoms with van der Waals surface area (Å²) in [4.78, 5) is 32.8. The van der Waals surface area contributed by atoms with Gasteiger partial charge < -0.3 is 34.3 Å². The number of benzene rings is 1. The molecule has 1 aromatic carbocycles. The molecule has 7 aliphatic rings. The number of Topliss-reactive ketones (excluding diaryl/α,β-unsaturated/α-hetero) is 2. The van der Waals surface area contributed by atoms with Gasteiger partial charge in [-0.3, -0.25) is 9.59 Å². The van der Waals surface area contributed by atoms with E-state index in [0.29, 0.717) is 63.2 Å². The molecular weight excluding hydrogens is 789 g/mol. The molecule has 3 aromatic rings. The second kappa shape index (κ2) is 14.7. The van der Waals surface area contributed by atoms with Crippen molar-refractivity contribution in [2.75, 3.05) is 19.8 Å². The molecule has 2 saturated heterocycles. The number of carbonyl (C=O) groups excluding carboxylic acids is 2. The Balaban J connectivity index is 1.17. The van der Waals surface area contributed by atoms with E-state index in [1.165, 1.54) is 22.3 Å². The highest BCUT2D eigenvalue weighted by Crippen LogP contribution is 2.75. The Hall–Kier alpha value is -3.08. The SMILES string of the molecule is Cc1cc(Cc2c(CCO)n3c4c(c[nH]c24)CC[C@@](C)(C[C@@H](O)[C@H]2OC2(C)C)C2=C4[C@@H](C3)[C@@H](O)[C@@H]3[C@]5(C)CCC(=O)C(C)(C)[C@@H]5CC[C@]3(C)[C@@]4(C)CC2=O)cc(C2CCOCC2)c1. The summed E-state index contributed by atoms with van der Waals surface area (Å²) in [5, 5.41) is 36.6. The summed E-state index contributed by atoms with van der Waals surface area (Å²) < 4.78 is 14.2. The predicted octanol–water partition coefficient (Wildman–Crippen LogP) is 8.87. The van der Waals surface area contributed by atoms with Crippen LogP contribution in [-0.2, 0) is 44.9 Å². The van der Waals surface area contributed by atoms with E-state index in [2.05, 4.69) is 82.4 Å². The number of aryl methyl sites for hydroxylation is 2. The second-order valence-corrected chi connectivity index (χ2v) is 23.8. The maximum atomic E-state index is 15.3. The number of hydrogen-bond donors (Lipinski definition) is 4. The average Bonchev–Trinajstić information content (AvgIpc) is 3.43. The molecule has 0 amide bonds. The quantitative estimate of drug-likeness (QED) is 0.166. The van der Waals surface area contributed by atoms with Crippen LogP contribution < -0.4 is 0 Å². The number of hydrogen-bond acceptors (Lipinski definition) is 7. The number of aromatic nitrogens is 2. The molecule has 2 aromatic heterocycles. The zero-order valence-corrected chi connectivity index (χ0v) is 39.6. The summed E-state index contributed by atoms with van der Waals surface area (Å²) in [5.74, 6) is 0.545. The Morgan fingerprint density at radius 3 is 2.38 bits per heavy atom. The van der Waals surface area contributed by atoms with Gasteiger partial charge in [0.15, 0.2) is 5.78 Å². The van der Waals surface area contributed by atoms with Crippen LogP contribution in [0.15, 0.2) is 35.5 Å². The molecule has 4 N–H and O–H groups in total. The first-order chi connectivity index (χ1) is 29.7. The van der Waals surface area contributed by atoms with Gasteiger partial charge in [0.05, 0.1) is 28.8 Å². The number of epoxide rings is 1. The summed E-state index contributed by atoms with van der Waals surface area (Å²) in [6.45, 7) is 21.9. The topological polar surface area (TPSA) is 137 Å². The van der Waals surface area contributed by atoms with E-state index in [4.69, 9.17) is 9.47 Å². The Morgan fingerprint density at radius 1 is 0.952 bits per heavy atom. The zero-order chi connectivity index (χ0) is 44.8. The molecule has 9 heteroatoms. The van der Waals surface area contributed by atoms with E-state index in [0.717, 1.165) is 78.8 Å². The lowest BCUT2D eigenvalue weighted by Crippen LogP contribution is -2.67. The summed E-state index contributed by atoms with van der Waals surface area (Å²) >= 11 is 0. The molecule has 10 rings (SSSR count). The molecule has 10 atom stereocenters. The molecule has 0 spiro atoms. The molecule has 4 aliphatic carbocycles. The maximum absolute atomic E-state index is 15.3. The Labute approximate surface area is 374 Å². The normalized spacial score (nSPS) is 37.7. The maximum Gasteiger partial charge on any atom is 0.160 e. The molecule has 0 unspecified atom stereocenters. The van der Waals surface area contributed by atoms with E-state index < -0.39 is 45.4 Å². The van der Waals surface area contributed by atoms with Gasteiger partial charge in [-0.1, -0.05) is 65.3 Å². The number of carbonyl (C=O) groups is 2. The number of fused-ring (bicyclic) bond motifs is 4. The first-order valence-electron chi connectivity index (χ1n) is 24.5. The lowest BCUT2D eigenvalue weighted by atomic mass is 9.34. The van der Waals surface area contributed by atoms with Crippen molar-refractivity contribution in [3.8, 4) is 0 Å². The minimum Gasteiger partial charge on any atom is -0.396 e. The summed E-state index contributed by atoms with van der Waals surface area (Å²) in [6, 6.07) is 7.04. The van der Waals surface area contributed by atoms with E-state index in [1.807, 2.05) is 13.8 Å². The molecule has 0 radical (unpaired) electrons. The third kappa shape index (κ3) is 6.38. The van der Waals surface area contributed by atoms with Crippen molar-refractivity contribution in [2.24, 2.45) is 44.8 Å². The number of nitrogens with zero attached hydrogens (tertiary/aromatic N) is 1. The lowest BCUT2D eigenvalue weighted by Gasteiger charge is -2.70. The highest BCUT2D eigenvalue weighted by atomic mass is 16.6. The van der Waals surface area contributed by atoms with Gasteiger partial charge in [-0.05, 0) is 128 Å². The van der Waals surface area contributed by atoms with Crippen LogP contribution in [0.5, 0.6) is 0 Å². The van der Waals surface area contributed by atoms with Gasteiger partial charge in [0.25, 0.3) is 0 Å². The third-order valence-corrected chi connectivity index (χ3v) is 19.4. The third-order valence-electron chi connectivity index (χ3n) is 19.4. The Kier molecular flexibility index (Phi) is 10.2. The van der Waals surface area contributed by atoms with E-state index in [9.17, 15) is 20.1 Å². The van der Waals surface area contributed by atoms with Crippen LogP contribution >= 0.6 is 0 Å². The summed E-state index contributed by atoms with van der Waals surface area (Å²) in [6.07, 6.45) is 8.69. The van der Waals surface area contributed by atoms with Gasteiger partial charge in [-0.2, -0.15) is 0 Å². The molecule has 5 fully saturated rings. The fraction of sp³-hybridized carbons (Fsp3) is 0.704. The number of ether oxygens (including phenoxy) is 2. The standard InChI is InChI=1S/C54H74N2O7/c1-30-22-31(24-34(23-30)32-14-20-62-21-15-32)25-35-37(13-19-57)56-29-36-42-43(51(6,26-39(59)48-50(4,5)63-48)16-10-33-28-55-44(35)45(33)56)38(58)27-54(42,9)53(8)18-11-40-49(2,3)41(60)12-17-52(40,7)47(53)46(36)61/h22-24,28,32,36,39-40,46-48,55,57,59,61H,10-21,25-27,29H2,1-9H3/t36-,39-,40+,46-,47-,48-,51+,52-,53+,54+/m1/s1. The van der Waals surface area contributed by atoms with Gasteiger partial charge in [-0.15, -0.1) is 0 Å². The zero-order valence-electron chi connectivity index (χ0n) is 39.6. The second-order valence-electron chi connectivity index (χ2n) is 23.8. The number of nitrogens with one attached hydrogen (secondary N) is 1. The van der Waals surface area contributed by atoms with Gasteiger partial charge in [0.2, 0.25) is 0 Å². The monoisotopic (exact) mass is 863 g/mol. The van der Waals surface area contributed by atoms with Gasteiger partial charge >= 0.3 is 0 Å². The number of aliphatic hydroxyl groups is 3. The van der Waals surface area contributed by atoms with Crippen LogP contribution in [0, 0.1) is 51.8 Å². The van der Waals surface area contributed by atoms with Gasteiger partial charge in [0.1, 0.15) is 11.9 Å². The smallest absolute Gasteiger partial charge is 0.160 e. The van der Waals surface area contributed by atoms with Gasteiger partial charge in [0, 0.05) is 91.8 Å². The van der Waals surface area contributed by atoms with Crippen LogP contribution in [0.1, 0.15) is 153 Å². The summed E-state index contributed by atoms with van der Waals surface area (Å²) in [7, 11) is 0. The Morgan fingerprint density at radius 2 is 1.68 bits per heavy atom. The molecule has 63 heavy (non-hydrogen) atoms. The first-order valence-corrected chi connectivity index (χ1v) is 24.5. The van der Waals surface area contributed by atoms with Crippen LogP contribution in [0.2, 0.25) is 0 Å². The number of aromatic amines is 1. The van der Waals surface area contributed by atoms with Crippen molar-refractivity contribution < 1.29 is 34.4 Å². The largest absolute Gasteiger partial charge is 0.396 e. The molecule has 5 heterocycles. The predicted molar refractivity (Wildman–Crippen MR) is 245 cm³/mol. The number of rotatable bonds is 8. The average molecular weight is 863 g/mol. The van der Waals surface area contributed by atoms with Crippen molar-refractivity contribution in [1.29, 1.82) is 0 Å². The molecule has 3 aliphatic heterocycles. The minimum absolute atomic E-state index is 0.00739. The number of ketones is 2. The first kappa shape index (κ1) is 43.8. The van der Waals surface area contributed by atoms with Crippen LogP contribution in [0.4, 0.5) is 0 Å². The molecule has 0 bridgehead atoms. The van der Waals surface area contributed by atoms with Gasteiger partial charge in [-0.25, -0.2) is 0 Å².